The van der Waals surface area contributed by atoms with Crippen molar-refractivity contribution in [2.75, 3.05) is 0 Å². The van der Waals surface area contributed by atoms with Gasteiger partial charge in [0.15, 0.2) is 0 Å². The summed E-state index contributed by atoms with van der Waals surface area (Å²) in [7, 11) is 0. The van der Waals surface area contributed by atoms with Crippen LogP contribution in [0.4, 0.5) is 0 Å². The second-order valence-electron chi connectivity index (χ2n) is 3.45. The van der Waals surface area contributed by atoms with Crippen LogP contribution in [0.2, 0.25) is 0 Å². The maximum atomic E-state index is 11.2. The number of aromatic amines is 1. The molecule has 0 saturated carbocycles. The van der Waals surface area contributed by atoms with Gasteiger partial charge in [0, 0.05) is 6.07 Å². The van der Waals surface area contributed by atoms with Crippen molar-refractivity contribution in [3.05, 3.63) is 22.2 Å². The number of carbonyl (C=O) groups is 1. The highest BCUT2D eigenvalue weighted by molar-refractivity contribution is 5.82. The minimum atomic E-state index is -0.320. The average molecular weight is 183 g/mol. The molecule has 1 heterocycles. The Bertz CT molecular complexity index is 348. The van der Waals surface area contributed by atoms with E-state index in [-0.39, 0.29) is 23.2 Å². The molecule has 0 radical (unpaired) electrons. The Morgan fingerprint density at radius 2 is 2.15 bits per heavy atom. The zero-order chi connectivity index (χ0) is 10.0. The molecule has 72 valence electrons. The van der Waals surface area contributed by atoms with Gasteiger partial charge in [0.25, 0.3) is 5.56 Å². The van der Waals surface area contributed by atoms with E-state index in [9.17, 15) is 9.59 Å². The van der Waals surface area contributed by atoms with Gasteiger partial charge in [0.2, 0.25) is 0 Å². The zero-order valence-corrected chi connectivity index (χ0v) is 7.96. The number of nitrogens with one attached hydrogen (secondary N) is 1. The lowest BCUT2D eigenvalue weighted by atomic mass is 9.90. The molecule has 0 aliphatic rings. The van der Waals surface area contributed by atoms with Crippen molar-refractivity contribution in [2.45, 2.75) is 26.7 Å². The van der Waals surface area contributed by atoms with Crippen LogP contribution in [0.3, 0.4) is 0 Å². The predicted octanol–water partition coefficient (Wildman–Crippen LogP) is 1.30. The second-order valence-corrected chi connectivity index (χ2v) is 3.45. The molecule has 13 heavy (non-hydrogen) atoms. The second kappa shape index (κ2) is 3.60. The Hall–Kier alpha value is -1.32. The fourth-order valence-electron chi connectivity index (χ4n) is 1.45. The standard InChI is InChI=1S/C9H13NO3/c1-5(2)9(6(3)11)7-4-8(12)10-13-7/h4-5,9H,1-3H3,(H,10,12). The summed E-state index contributed by atoms with van der Waals surface area (Å²) in [5.74, 6) is 0.251. The van der Waals surface area contributed by atoms with E-state index in [2.05, 4.69) is 5.16 Å². The van der Waals surface area contributed by atoms with Gasteiger partial charge in [-0.25, -0.2) is 0 Å². The first-order valence-corrected chi connectivity index (χ1v) is 4.21. The van der Waals surface area contributed by atoms with Crippen LogP contribution in [0, 0.1) is 5.92 Å². The maximum absolute atomic E-state index is 11.2. The summed E-state index contributed by atoms with van der Waals surface area (Å²) in [6.07, 6.45) is 0. The van der Waals surface area contributed by atoms with E-state index in [0.29, 0.717) is 5.76 Å². The van der Waals surface area contributed by atoms with Crippen molar-refractivity contribution < 1.29 is 9.32 Å². The SMILES string of the molecule is CC(=O)C(c1cc(=O)[nH]o1)C(C)C. The summed E-state index contributed by atoms with van der Waals surface area (Å²) in [5.41, 5.74) is -0.304. The summed E-state index contributed by atoms with van der Waals surface area (Å²) < 4.78 is 4.89. The molecule has 0 amide bonds. The lowest BCUT2D eigenvalue weighted by molar-refractivity contribution is -0.119. The molecule has 1 unspecified atom stereocenters. The number of H-pyrrole nitrogens is 1. The maximum Gasteiger partial charge on any atom is 0.280 e. The van der Waals surface area contributed by atoms with Gasteiger partial charge in [-0.15, -0.1) is 0 Å². The van der Waals surface area contributed by atoms with Crippen LogP contribution in [0.5, 0.6) is 0 Å². The quantitative estimate of drug-likeness (QED) is 0.768. The zero-order valence-electron chi connectivity index (χ0n) is 7.96. The molecule has 1 atom stereocenters. The fraction of sp³-hybridized carbons (Fsp3) is 0.556. The molecule has 4 heteroatoms. The van der Waals surface area contributed by atoms with E-state index in [1.165, 1.54) is 13.0 Å². The molecule has 1 rings (SSSR count). The van der Waals surface area contributed by atoms with Gasteiger partial charge in [-0.2, -0.15) is 5.16 Å². The third-order valence-electron chi connectivity index (χ3n) is 1.95. The number of hydrogen-bond donors (Lipinski definition) is 1. The molecule has 4 nitrogen and oxygen atoms in total. The highest BCUT2D eigenvalue weighted by Crippen LogP contribution is 2.23. The van der Waals surface area contributed by atoms with Crippen LogP contribution in [-0.4, -0.2) is 10.9 Å². The van der Waals surface area contributed by atoms with Crippen molar-refractivity contribution in [3.8, 4) is 0 Å². The largest absolute Gasteiger partial charge is 0.383 e. The normalized spacial score (nSPS) is 13.2. The molecule has 0 bridgehead atoms. The van der Waals surface area contributed by atoms with E-state index < -0.39 is 0 Å². The van der Waals surface area contributed by atoms with E-state index in [0.717, 1.165) is 0 Å². The highest BCUT2D eigenvalue weighted by Gasteiger charge is 2.24. The van der Waals surface area contributed by atoms with E-state index in [4.69, 9.17) is 4.52 Å². The lowest BCUT2D eigenvalue weighted by Crippen LogP contribution is -2.14. The number of rotatable bonds is 3. The molecule has 0 aliphatic heterocycles. The summed E-state index contributed by atoms with van der Waals surface area (Å²) in [6, 6.07) is 1.33. The molecule has 0 saturated heterocycles. The fourth-order valence-corrected chi connectivity index (χ4v) is 1.45. The van der Waals surface area contributed by atoms with Crippen LogP contribution < -0.4 is 5.56 Å². The molecule has 0 aliphatic carbocycles. The highest BCUT2D eigenvalue weighted by atomic mass is 16.5. The summed E-state index contributed by atoms with van der Waals surface area (Å²) in [6.45, 7) is 5.33. The summed E-state index contributed by atoms with van der Waals surface area (Å²) >= 11 is 0. The van der Waals surface area contributed by atoms with Crippen LogP contribution in [0.15, 0.2) is 15.4 Å². The first-order valence-electron chi connectivity index (χ1n) is 4.21. The third-order valence-corrected chi connectivity index (χ3v) is 1.95. The van der Waals surface area contributed by atoms with Crippen molar-refractivity contribution in [2.24, 2.45) is 5.92 Å². The Morgan fingerprint density at radius 3 is 2.46 bits per heavy atom. The van der Waals surface area contributed by atoms with Crippen molar-refractivity contribution in [3.63, 3.8) is 0 Å². The Labute approximate surface area is 75.9 Å². The molecular formula is C9H13NO3. The molecule has 1 N–H and O–H groups in total. The molecule has 0 spiro atoms. The first kappa shape index (κ1) is 9.77. The number of aromatic nitrogens is 1. The predicted molar refractivity (Wildman–Crippen MR) is 47.6 cm³/mol. The number of carbonyl (C=O) groups excluding carboxylic acids is 1. The monoisotopic (exact) mass is 183 g/mol. The van der Waals surface area contributed by atoms with Gasteiger partial charge in [-0.1, -0.05) is 13.8 Å². The molecule has 0 aromatic carbocycles. The summed E-state index contributed by atoms with van der Waals surface area (Å²) in [5, 5.41) is 2.18. The van der Waals surface area contributed by atoms with E-state index >= 15 is 0 Å². The van der Waals surface area contributed by atoms with Crippen LogP contribution in [0.1, 0.15) is 32.4 Å². The Morgan fingerprint density at radius 1 is 1.54 bits per heavy atom. The lowest BCUT2D eigenvalue weighted by Gasteiger charge is -2.13. The molecule has 1 aromatic rings. The number of ketones is 1. The van der Waals surface area contributed by atoms with Crippen molar-refractivity contribution >= 4 is 5.78 Å². The number of Topliss-reactive ketones (excluding diaryl/α,β-unsaturated/α-hetero) is 1. The Kier molecular flexibility index (Phi) is 2.70. The van der Waals surface area contributed by atoms with Crippen molar-refractivity contribution in [1.82, 2.24) is 5.16 Å². The first-order chi connectivity index (χ1) is 6.02. The van der Waals surface area contributed by atoms with Gasteiger partial charge in [0.05, 0.1) is 5.92 Å². The summed E-state index contributed by atoms with van der Waals surface area (Å²) in [4.78, 5) is 22.0. The van der Waals surface area contributed by atoms with E-state index in [1.807, 2.05) is 13.8 Å². The third kappa shape index (κ3) is 2.08. The Balaban J connectivity index is 3.02. The minimum Gasteiger partial charge on any atom is -0.383 e. The smallest absolute Gasteiger partial charge is 0.280 e. The molecular weight excluding hydrogens is 170 g/mol. The van der Waals surface area contributed by atoms with Gasteiger partial charge in [-0.05, 0) is 12.8 Å². The van der Waals surface area contributed by atoms with Gasteiger partial charge >= 0.3 is 0 Å². The topological polar surface area (TPSA) is 63.1 Å². The van der Waals surface area contributed by atoms with Gasteiger partial charge in [-0.3, -0.25) is 9.59 Å². The van der Waals surface area contributed by atoms with Crippen LogP contribution in [0.25, 0.3) is 0 Å². The van der Waals surface area contributed by atoms with E-state index in [1.54, 1.807) is 0 Å². The number of hydrogen-bond acceptors (Lipinski definition) is 3. The van der Waals surface area contributed by atoms with Crippen LogP contribution in [-0.2, 0) is 4.79 Å². The molecule has 1 aromatic heterocycles. The van der Waals surface area contributed by atoms with Crippen molar-refractivity contribution in [1.29, 1.82) is 0 Å². The minimum absolute atomic E-state index is 0.0118. The van der Waals surface area contributed by atoms with Gasteiger partial charge in [0.1, 0.15) is 11.5 Å². The molecule has 0 fully saturated rings. The van der Waals surface area contributed by atoms with Crippen LogP contribution >= 0.6 is 0 Å². The van der Waals surface area contributed by atoms with Gasteiger partial charge < -0.3 is 4.52 Å². The average Bonchev–Trinajstić information content (AvgIpc) is 2.34.